The molecule has 0 radical (unpaired) electrons. The van der Waals surface area contributed by atoms with E-state index in [0.29, 0.717) is 5.75 Å². The summed E-state index contributed by atoms with van der Waals surface area (Å²) >= 11 is 0. The molecule has 0 bridgehead atoms. The number of benzene rings is 2. The molecule has 0 aromatic heterocycles. The van der Waals surface area contributed by atoms with Gasteiger partial charge >= 0.3 is 0 Å². The van der Waals surface area contributed by atoms with Gasteiger partial charge in [0.25, 0.3) is 0 Å². The first-order chi connectivity index (χ1) is 9.93. The fourth-order valence-corrected chi connectivity index (χ4v) is 2.21. The molecule has 4 nitrogen and oxygen atoms in total. The Balaban J connectivity index is 2.22. The average Bonchev–Trinajstić information content (AvgIpc) is 2.48. The third-order valence-electron chi connectivity index (χ3n) is 3.72. The van der Waals surface area contributed by atoms with Gasteiger partial charge in [0.05, 0.1) is 0 Å². The Morgan fingerprint density at radius 1 is 0.905 bits per heavy atom. The SMILES string of the molecule is CO[NH+]([O-])Oc1ccc(C(C)(C)c2ccc(C)cc2)cc1. The lowest BCUT2D eigenvalue weighted by molar-refractivity contribution is -1.18. The first kappa shape index (κ1) is 15.5. The Morgan fingerprint density at radius 2 is 1.38 bits per heavy atom. The van der Waals surface area contributed by atoms with Crippen molar-refractivity contribution in [1.29, 1.82) is 0 Å². The lowest BCUT2D eigenvalue weighted by Gasteiger charge is -2.26. The van der Waals surface area contributed by atoms with E-state index in [1.54, 1.807) is 12.1 Å². The number of hydrogen-bond acceptors (Lipinski definition) is 3. The summed E-state index contributed by atoms with van der Waals surface area (Å²) in [6.07, 6.45) is 0. The summed E-state index contributed by atoms with van der Waals surface area (Å²) in [6, 6.07) is 16.0. The first-order valence-corrected chi connectivity index (χ1v) is 6.87. The molecule has 0 spiro atoms. The van der Waals surface area contributed by atoms with Gasteiger partial charge < -0.3 is 5.21 Å². The highest BCUT2D eigenvalue weighted by atomic mass is 17.1. The van der Waals surface area contributed by atoms with E-state index < -0.39 is 5.39 Å². The van der Waals surface area contributed by atoms with Crippen molar-refractivity contribution < 1.29 is 15.1 Å². The van der Waals surface area contributed by atoms with Gasteiger partial charge in [-0.15, -0.1) is 0 Å². The molecule has 0 aliphatic rings. The van der Waals surface area contributed by atoms with Crippen LogP contribution in [0, 0.1) is 12.1 Å². The van der Waals surface area contributed by atoms with E-state index in [2.05, 4.69) is 49.9 Å². The molecule has 2 aromatic rings. The summed E-state index contributed by atoms with van der Waals surface area (Å²) < 4.78 is 0. The van der Waals surface area contributed by atoms with E-state index in [1.165, 1.54) is 18.2 Å². The third-order valence-corrected chi connectivity index (χ3v) is 3.72. The molecule has 2 aromatic carbocycles. The van der Waals surface area contributed by atoms with Gasteiger partial charge in [0, 0.05) is 5.41 Å². The molecule has 0 aliphatic heterocycles. The van der Waals surface area contributed by atoms with Crippen LogP contribution in [0.5, 0.6) is 5.75 Å². The predicted molar refractivity (Wildman–Crippen MR) is 81.7 cm³/mol. The largest absolute Gasteiger partial charge is 0.556 e. The van der Waals surface area contributed by atoms with Gasteiger partial charge in [-0.3, -0.25) is 4.84 Å². The van der Waals surface area contributed by atoms with E-state index in [1.807, 2.05) is 12.1 Å². The predicted octanol–water partition coefficient (Wildman–Crippen LogP) is 2.56. The molecule has 1 unspecified atom stereocenters. The van der Waals surface area contributed by atoms with Gasteiger partial charge in [0.2, 0.25) is 0 Å². The maximum Gasteiger partial charge on any atom is 0.195 e. The fraction of sp³-hybridized carbons (Fsp3) is 0.294. The van der Waals surface area contributed by atoms with E-state index in [4.69, 9.17) is 4.84 Å². The first-order valence-electron chi connectivity index (χ1n) is 6.87. The highest BCUT2D eigenvalue weighted by Gasteiger charge is 2.23. The van der Waals surface area contributed by atoms with E-state index in [0.717, 1.165) is 5.56 Å². The standard InChI is InChI=1S/C17H21NO3/c1-13-5-7-14(8-6-13)17(2,3)15-9-11-16(12-10-15)21-18(19)20-4/h5-12,18H,1-4H3. The van der Waals surface area contributed by atoms with Crippen LogP contribution < -0.4 is 10.2 Å². The summed E-state index contributed by atoms with van der Waals surface area (Å²) in [7, 11) is 1.29. The second kappa shape index (κ2) is 6.26. The number of nitrogens with one attached hydrogen (secondary N) is 1. The zero-order chi connectivity index (χ0) is 15.5. The summed E-state index contributed by atoms with van der Waals surface area (Å²) in [5.41, 5.74) is 3.53. The second-order valence-electron chi connectivity index (χ2n) is 5.57. The molecule has 112 valence electrons. The van der Waals surface area contributed by atoms with Crippen LogP contribution in [-0.4, -0.2) is 7.11 Å². The number of aryl methyl sites for hydroxylation is 1. The molecule has 0 heterocycles. The van der Waals surface area contributed by atoms with Crippen molar-refractivity contribution in [2.45, 2.75) is 26.2 Å². The maximum absolute atomic E-state index is 11.1. The topological polar surface area (TPSA) is 46.0 Å². The minimum atomic E-state index is -0.708. The van der Waals surface area contributed by atoms with Crippen molar-refractivity contribution in [2.24, 2.45) is 0 Å². The van der Waals surface area contributed by atoms with Crippen molar-refractivity contribution in [3.8, 4) is 5.75 Å². The quantitative estimate of drug-likeness (QED) is 0.860. The van der Waals surface area contributed by atoms with Crippen LogP contribution in [-0.2, 0) is 10.3 Å². The van der Waals surface area contributed by atoms with Crippen LogP contribution in [0.1, 0.15) is 30.5 Å². The smallest absolute Gasteiger partial charge is 0.195 e. The van der Waals surface area contributed by atoms with Crippen LogP contribution in [0.3, 0.4) is 0 Å². The van der Waals surface area contributed by atoms with Gasteiger partial charge in [-0.2, -0.15) is 4.84 Å². The summed E-state index contributed by atoms with van der Waals surface area (Å²) in [6.45, 7) is 6.43. The van der Waals surface area contributed by atoms with Crippen LogP contribution >= 0.6 is 0 Å². The summed E-state index contributed by atoms with van der Waals surface area (Å²) in [5.74, 6) is 0.477. The highest BCUT2D eigenvalue weighted by molar-refractivity contribution is 5.40. The minimum absolute atomic E-state index is 0.114. The molecule has 1 atom stereocenters. The van der Waals surface area contributed by atoms with Gasteiger partial charge in [0.1, 0.15) is 7.11 Å². The van der Waals surface area contributed by atoms with Crippen molar-refractivity contribution in [3.05, 3.63) is 70.4 Å². The molecule has 0 saturated heterocycles. The number of quaternary nitrogens is 1. The Labute approximate surface area is 125 Å². The molecule has 1 N–H and O–H groups in total. The Kier molecular flexibility index (Phi) is 4.63. The fourth-order valence-electron chi connectivity index (χ4n) is 2.21. The normalized spacial score (nSPS) is 13.0. The van der Waals surface area contributed by atoms with Crippen molar-refractivity contribution in [1.82, 2.24) is 0 Å². The molecule has 0 amide bonds. The van der Waals surface area contributed by atoms with Crippen LogP contribution in [0.25, 0.3) is 0 Å². The zero-order valence-electron chi connectivity index (χ0n) is 12.8. The van der Waals surface area contributed by atoms with Gasteiger partial charge in [-0.1, -0.05) is 55.8 Å². The summed E-state index contributed by atoms with van der Waals surface area (Å²) in [5, 5.41) is 10.4. The van der Waals surface area contributed by atoms with Gasteiger partial charge in [-0.05, 0) is 35.6 Å². The van der Waals surface area contributed by atoms with Crippen LogP contribution in [0.2, 0.25) is 0 Å². The van der Waals surface area contributed by atoms with Crippen molar-refractivity contribution >= 4 is 0 Å². The second-order valence-corrected chi connectivity index (χ2v) is 5.57. The minimum Gasteiger partial charge on any atom is -0.556 e. The highest BCUT2D eigenvalue weighted by Crippen LogP contribution is 2.32. The molecule has 0 saturated carbocycles. The summed E-state index contributed by atoms with van der Waals surface area (Å²) in [4.78, 5) is 9.46. The van der Waals surface area contributed by atoms with E-state index in [-0.39, 0.29) is 5.41 Å². The zero-order valence-corrected chi connectivity index (χ0v) is 12.8. The van der Waals surface area contributed by atoms with Crippen molar-refractivity contribution in [2.75, 3.05) is 7.11 Å². The number of hydrogen-bond donors (Lipinski definition) is 1. The lowest BCUT2D eigenvalue weighted by Crippen LogP contribution is -3.07. The van der Waals surface area contributed by atoms with Gasteiger partial charge in [-0.25, -0.2) is 0 Å². The molecule has 21 heavy (non-hydrogen) atoms. The Bertz CT molecular complexity index is 576. The molecule has 0 aliphatic carbocycles. The molecule has 0 fully saturated rings. The molecule has 4 heteroatoms. The van der Waals surface area contributed by atoms with Crippen LogP contribution in [0.4, 0.5) is 0 Å². The Morgan fingerprint density at radius 3 is 1.86 bits per heavy atom. The third kappa shape index (κ3) is 3.61. The molecule has 2 rings (SSSR count). The number of rotatable bonds is 5. The average molecular weight is 287 g/mol. The van der Waals surface area contributed by atoms with Crippen LogP contribution in [0.15, 0.2) is 48.5 Å². The molecular formula is C17H21NO3. The monoisotopic (exact) mass is 287 g/mol. The van der Waals surface area contributed by atoms with Gasteiger partial charge in [0.15, 0.2) is 5.75 Å². The van der Waals surface area contributed by atoms with E-state index >= 15 is 0 Å². The van der Waals surface area contributed by atoms with Crippen molar-refractivity contribution in [3.63, 3.8) is 0 Å². The maximum atomic E-state index is 11.1. The molecular weight excluding hydrogens is 266 g/mol. The lowest BCUT2D eigenvalue weighted by atomic mass is 9.78. The Hall–Kier alpha value is -1.88. The van der Waals surface area contributed by atoms with E-state index in [9.17, 15) is 5.21 Å².